The Bertz CT molecular complexity index is 266. The van der Waals surface area contributed by atoms with Gasteiger partial charge >= 0.3 is 6.03 Å². The van der Waals surface area contributed by atoms with Crippen molar-refractivity contribution < 1.29 is 19.7 Å². The summed E-state index contributed by atoms with van der Waals surface area (Å²) in [7, 11) is 0. The van der Waals surface area contributed by atoms with Gasteiger partial charge in [-0.2, -0.15) is 4.99 Å². The number of guanidine groups is 1. The Morgan fingerprint density at radius 1 is 1.40 bits per heavy atom. The first-order chi connectivity index (χ1) is 6.99. The fraction of sp³-hybridized carbons (Fsp3) is 0.714. The van der Waals surface area contributed by atoms with E-state index in [2.05, 4.69) is 10.3 Å². The van der Waals surface area contributed by atoms with Crippen LogP contribution in [0.15, 0.2) is 4.99 Å². The molecule has 0 aromatic heterocycles. The second kappa shape index (κ2) is 4.91. The Hall–Kier alpha value is -1.38. The van der Waals surface area contributed by atoms with Gasteiger partial charge in [0.2, 0.25) is 0 Å². The normalized spacial score (nSPS) is 30.7. The minimum atomic E-state index is -0.929. The molecule has 15 heavy (non-hydrogen) atoms. The van der Waals surface area contributed by atoms with Gasteiger partial charge in [0.15, 0.2) is 5.96 Å². The van der Waals surface area contributed by atoms with E-state index in [1.165, 1.54) is 0 Å². The minimum absolute atomic E-state index is 0.0477. The molecule has 0 radical (unpaired) electrons. The first-order valence-electron chi connectivity index (χ1n) is 4.37. The van der Waals surface area contributed by atoms with Gasteiger partial charge in [-0.1, -0.05) is 0 Å². The van der Waals surface area contributed by atoms with Crippen molar-refractivity contribution in [3.05, 3.63) is 0 Å². The fourth-order valence-electron chi connectivity index (χ4n) is 1.16. The molecular formula is C7H14N4O4. The number of rotatable bonds is 1. The summed E-state index contributed by atoms with van der Waals surface area (Å²) in [4.78, 5) is 14.2. The van der Waals surface area contributed by atoms with Crippen LogP contribution in [0.2, 0.25) is 0 Å². The summed E-state index contributed by atoms with van der Waals surface area (Å²) in [5.41, 5.74) is 9.97. The van der Waals surface area contributed by atoms with Gasteiger partial charge in [-0.15, -0.1) is 0 Å². The highest BCUT2D eigenvalue weighted by Crippen LogP contribution is 2.12. The zero-order chi connectivity index (χ0) is 11.4. The molecule has 0 aromatic carbocycles. The maximum Gasteiger partial charge on any atom is 0.346 e. The number of nitrogens with two attached hydrogens (primary N) is 2. The van der Waals surface area contributed by atoms with Crippen molar-refractivity contribution in [1.82, 2.24) is 5.32 Å². The molecule has 0 aliphatic carbocycles. The van der Waals surface area contributed by atoms with Gasteiger partial charge in [0.1, 0.15) is 12.3 Å². The van der Waals surface area contributed by atoms with Crippen LogP contribution in [0.1, 0.15) is 6.42 Å². The first-order valence-corrected chi connectivity index (χ1v) is 4.37. The van der Waals surface area contributed by atoms with Gasteiger partial charge in [0, 0.05) is 6.42 Å². The van der Waals surface area contributed by atoms with Gasteiger partial charge in [-0.3, -0.25) is 0 Å². The molecule has 7 N–H and O–H groups in total. The highest BCUT2D eigenvalue weighted by atomic mass is 16.5. The summed E-state index contributed by atoms with van der Waals surface area (Å²) >= 11 is 0. The molecule has 0 unspecified atom stereocenters. The number of nitrogens with one attached hydrogen (secondary N) is 1. The third kappa shape index (κ3) is 3.70. The molecule has 8 nitrogen and oxygen atoms in total. The molecule has 0 aromatic rings. The number of ether oxygens (including phenoxy) is 1. The first kappa shape index (κ1) is 11.7. The number of hydrogen-bond donors (Lipinski definition) is 5. The van der Waals surface area contributed by atoms with Crippen LogP contribution in [0.25, 0.3) is 0 Å². The summed E-state index contributed by atoms with van der Waals surface area (Å²) < 4.78 is 5.02. The number of amides is 2. The summed E-state index contributed by atoms with van der Waals surface area (Å²) in [5.74, 6) is -0.358. The number of hydrogen-bond acceptors (Lipinski definition) is 4. The number of aliphatic hydroxyl groups excluding tert-OH is 2. The molecule has 2 amide bonds. The zero-order valence-corrected chi connectivity index (χ0v) is 7.96. The monoisotopic (exact) mass is 218 g/mol. The van der Waals surface area contributed by atoms with E-state index in [4.69, 9.17) is 21.3 Å². The van der Waals surface area contributed by atoms with E-state index in [1.54, 1.807) is 0 Å². The van der Waals surface area contributed by atoms with Crippen molar-refractivity contribution in [2.75, 3.05) is 6.61 Å². The van der Waals surface area contributed by atoms with Crippen molar-refractivity contribution in [2.24, 2.45) is 16.5 Å². The minimum Gasteiger partial charge on any atom is -0.390 e. The Balaban J connectivity index is 2.40. The molecule has 1 saturated heterocycles. The van der Waals surface area contributed by atoms with Crippen LogP contribution < -0.4 is 16.8 Å². The van der Waals surface area contributed by atoms with Gasteiger partial charge < -0.3 is 31.7 Å². The molecule has 86 valence electrons. The Morgan fingerprint density at radius 3 is 2.60 bits per heavy atom. The van der Waals surface area contributed by atoms with Crippen LogP contribution in [-0.2, 0) is 4.74 Å². The Morgan fingerprint density at radius 2 is 2.07 bits per heavy atom. The summed E-state index contributed by atoms with van der Waals surface area (Å²) in [5, 5.41) is 20.7. The molecule has 0 saturated carbocycles. The number of urea groups is 1. The summed E-state index contributed by atoms with van der Waals surface area (Å²) in [6.07, 6.45) is -2.46. The van der Waals surface area contributed by atoms with E-state index in [0.29, 0.717) is 0 Å². The largest absolute Gasteiger partial charge is 0.390 e. The topological polar surface area (TPSA) is 143 Å². The van der Waals surface area contributed by atoms with Crippen LogP contribution in [0, 0.1) is 0 Å². The van der Waals surface area contributed by atoms with E-state index in [-0.39, 0.29) is 19.0 Å². The number of carbonyl (C=O) groups is 1. The lowest BCUT2D eigenvalue weighted by molar-refractivity contribution is -0.125. The van der Waals surface area contributed by atoms with Crippen molar-refractivity contribution >= 4 is 12.0 Å². The van der Waals surface area contributed by atoms with E-state index < -0.39 is 24.5 Å². The number of carbonyl (C=O) groups excluding carboxylic acids is 1. The highest BCUT2D eigenvalue weighted by molar-refractivity contribution is 5.90. The number of aliphatic hydroxyl groups is 2. The molecule has 1 aliphatic rings. The number of aliphatic imine (C=N–C) groups is 1. The molecule has 0 spiro atoms. The van der Waals surface area contributed by atoms with E-state index in [9.17, 15) is 9.90 Å². The number of nitrogens with zero attached hydrogens (tertiary/aromatic N) is 1. The molecule has 1 rings (SSSR count). The second-order valence-corrected chi connectivity index (χ2v) is 3.18. The van der Waals surface area contributed by atoms with Crippen LogP contribution >= 0.6 is 0 Å². The average Bonchev–Trinajstić information content (AvgIpc) is 2.10. The summed E-state index contributed by atoms with van der Waals surface area (Å²) in [6.45, 7) is -0.0477. The van der Waals surface area contributed by atoms with E-state index in [1.807, 2.05) is 0 Å². The average molecular weight is 218 g/mol. The van der Waals surface area contributed by atoms with Crippen LogP contribution in [-0.4, -0.2) is 47.2 Å². The fourth-order valence-corrected chi connectivity index (χ4v) is 1.16. The van der Waals surface area contributed by atoms with Gasteiger partial charge in [0.25, 0.3) is 0 Å². The molecule has 1 fully saturated rings. The predicted octanol–water partition coefficient (Wildman–Crippen LogP) is -2.56. The van der Waals surface area contributed by atoms with E-state index >= 15 is 0 Å². The third-order valence-corrected chi connectivity index (χ3v) is 1.88. The lowest BCUT2D eigenvalue weighted by Gasteiger charge is -2.30. The third-order valence-electron chi connectivity index (χ3n) is 1.88. The standard InChI is InChI=1S/C7H14N4O4/c8-6(9)11-7(14)10-5-1-3(12)4(13)2-15-5/h3-5,12-13H,1-2H2,(H5,8,9,10,11,14)/t3-,4+,5+/m0/s1. The second-order valence-electron chi connectivity index (χ2n) is 3.18. The van der Waals surface area contributed by atoms with Crippen molar-refractivity contribution in [1.29, 1.82) is 0 Å². The maximum atomic E-state index is 11.0. The molecule has 8 heteroatoms. The lowest BCUT2D eigenvalue weighted by Crippen LogP contribution is -2.48. The van der Waals surface area contributed by atoms with Gasteiger partial charge in [-0.05, 0) is 0 Å². The molecule has 3 atom stereocenters. The predicted molar refractivity (Wildman–Crippen MR) is 50.7 cm³/mol. The smallest absolute Gasteiger partial charge is 0.346 e. The highest BCUT2D eigenvalue weighted by Gasteiger charge is 2.28. The van der Waals surface area contributed by atoms with Gasteiger partial charge in [0.05, 0.1) is 12.7 Å². The maximum absolute atomic E-state index is 11.0. The van der Waals surface area contributed by atoms with Gasteiger partial charge in [-0.25, -0.2) is 4.79 Å². The molecular weight excluding hydrogens is 204 g/mol. The lowest BCUT2D eigenvalue weighted by atomic mass is 10.1. The summed E-state index contributed by atoms with van der Waals surface area (Å²) in [6, 6.07) is -0.747. The van der Waals surface area contributed by atoms with Crippen LogP contribution in [0.4, 0.5) is 4.79 Å². The van der Waals surface area contributed by atoms with Crippen molar-refractivity contribution in [3.63, 3.8) is 0 Å². The SMILES string of the molecule is NC(N)=NC(=O)N[C@H]1C[C@H](O)[C@H](O)CO1. The Labute approximate surface area is 85.9 Å². The van der Waals surface area contributed by atoms with Crippen molar-refractivity contribution in [3.8, 4) is 0 Å². The van der Waals surface area contributed by atoms with Crippen LogP contribution in [0.5, 0.6) is 0 Å². The quantitative estimate of drug-likeness (QED) is 0.242. The van der Waals surface area contributed by atoms with Crippen molar-refractivity contribution in [2.45, 2.75) is 24.9 Å². The zero-order valence-electron chi connectivity index (χ0n) is 7.96. The molecule has 0 bridgehead atoms. The molecule has 1 heterocycles. The van der Waals surface area contributed by atoms with Crippen LogP contribution in [0.3, 0.4) is 0 Å². The van der Waals surface area contributed by atoms with E-state index in [0.717, 1.165) is 0 Å². The Kier molecular flexibility index (Phi) is 3.83. The molecule has 1 aliphatic heterocycles.